The zero-order valence-corrected chi connectivity index (χ0v) is 11.6. The van der Waals surface area contributed by atoms with Crippen molar-refractivity contribution in [3.63, 3.8) is 0 Å². The van der Waals surface area contributed by atoms with Crippen LogP contribution in [0.3, 0.4) is 0 Å². The number of aliphatic hydroxyl groups excluding tert-OH is 1. The predicted molar refractivity (Wildman–Crippen MR) is 78.2 cm³/mol. The zero-order chi connectivity index (χ0) is 13.5. The molecule has 0 aliphatic rings. The fourth-order valence-electron chi connectivity index (χ4n) is 2.28. The number of nitrogens with zero attached hydrogens (tertiary/aromatic N) is 2. The molecule has 0 unspecified atom stereocenters. The van der Waals surface area contributed by atoms with Crippen molar-refractivity contribution < 1.29 is 5.11 Å². The lowest BCUT2D eigenvalue weighted by Crippen LogP contribution is -2.19. The van der Waals surface area contributed by atoms with Gasteiger partial charge >= 0.3 is 0 Å². The maximum Gasteiger partial charge on any atom is 0.110 e. The van der Waals surface area contributed by atoms with E-state index in [1.807, 2.05) is 12.1 Å². The van der Waals surface area contributed by atoms with Gasteiger partial charge in [0, 0.05) is 26.6 Å². The van der Waals surface area contributed by atoms with Crippen LogP contribution < -0.4 is 5.32 Å². The molecule has 104 valence electrons. The van der Waals surface area contributed by atoms with E-state index in [0.29, 0.717) is 6.61 Å². The number of hydrogen-bond acceptors (Lipinski definition) is 3. The summed E-state index contributed by atoms with van der Waals surface area (Å²) in [6.45, 7) is 2.28. The quantitative estimate of drug-likeness (QED) is 0.713. The molecule has 0 aliphatic heterocycles. The van der Waals surface area contributed by atoms with Crippen LogP contribution in [0.5, 0.6) is 0 Å². The Kier molecular flexibility index (Phi) is 5.36. The normalized spacial score (nSPS) is 11.3. The van der Waals surface area contributed by atoms with Crippen LogP contribution >= 0.6 is 0 Å². The summed E-state index contributed by atoms with van der Waals surface area (Å²) < 4.78 is 2.17. The van der Waals surface area contributed by atoms with E-state index in [9.17, 15) is 0 Å². The Labute approximate surface area is 114 Å². The van der Waals surface area contributed by atoms with Gasteiger partial charge in [-0.2, -0.15) is 0 Å². The Hall–Kier alpha value is -1.39. The summed E-state index contributed by atoms with van der Waals surface area (Å²) in [7, 11) is 2.08. The van der Waals surface area contributed by atoms with Gasteiger partial charge in [-0.25, -0.2) is 4.98 Å². The Bertz CT molecular complexity index is 507. The third-order valence-electron chi connectivity index (χ3n) is 3.42. The van der Waals surface area contributed by atoms with Gasteiger partial charge in [-0.1, -0.05) is 12.1 Å². The van der Waals surface area contributed by atoms with Crippen molar-refractivity contribution in [1.29, 1.82) is 0 Å². The standard InChI is InChI=1S/C15H23N3O/c1-18-14-8-4-3-7-13(14)17-15(18)9-11-16-10-5-2-6-12-19/h3-4,7-8,16,19H,2,5-6,9-12H2,1H3. The molecule has 4 nitrogen and oxygen atoms in total. The van der Waals surface area contributed by atoms with E-state index in [2.05, 4.69) is 34.0 Å². The summed E-state index contributed by atoms with van der Waals surface area (Å²) in [6.07, 6.45) is 4.08. The smallest absolute Gasteiger partial charge is 0.110 e. The average molecular weight is 261 g/mol. The summed E-state index contributed by atoms with van der Waals surface area (Å²) >= 11 is 0. The van der Waals surface area contributed by atoms with E-state index in [1.54, 1.807) is 0 Å². The highest BCUT2D eigenvalue weighted by Crippen LogP contribution is 2.14. The second-order valence-corrected chi connectivity index (χ2v) is 4.86. The van der Waals surface area contributed by atoms with Gasteiger partial charge in [0.05, 0.1) is 11.0 Å². The maximum atomic E-state index is 8.69. The van der Waals surface area contributed by atoms with Crippen LogP contribution in [-0.4, -0.2) is 34.4 Å². The molecule has 0 spiro atoms. The minimum atomic E-state index is 0.305. The summed E-state index contributed by atoms with van der Waals surface area (Å²) in [5.74, 6) is 1.13. The summed E-state index contributed by atoms with van der Waals surface area (Å²) in [4.78, 5) is 4.65. The molecule has 4 heteroatoms. The lowest BCUT2D eigenvalue weighted by molar-refractivity contribution is 0.283. The number of para-hydroxylation sites is 2. The molecular weight excluding hydrogens is 238 g/mol. The number of nitrogens with one attached hydrogen (secondary N) is 1. The highest BCUT2D eigenvalue weighted by molar-refractivity contribution is 5.75. The number of benzene rings is 1. The predicted octanol–water partition coefficient (Wildman–Crippen LogP) is 1.87. The van der Waals surface area contributed by atoms with Gasteiger partial charge in [-0.05, 0) is 37.9 Å². The Morgan fingerprint density at radius 3 is 2.79 bits per heavy atom. The Balaban J connectivity index is 1.77. The van der Waals surface area contributed by atoms with Crippen molar-refractivity contribution >= 4 is 11.0 Å². The lowest BCUT2D eigenvalue weighted by atomic mass is 10.2. The molecule has 0 saturated heterocycles. The molecule has 0 fully saturated rings. The number of aryl methyl sites for hydroxylation is 1. The van der Waals surface area contributed by atoms with Crippen molar-refractivity contribution in [1.82, 2.24) is 14.9 Å². The first-order chi connectivity index (χ1) is 9.33. The minimum Gasteiger partial charge on any atom is -0.396 e. The molecule has 0 saturated carbocycles. The highest BCUT2D eigenvalue weighted by Gasteiger charge is 2.05. The maximum absolute atomic E-state index is 8.69. The molecule has 1 aromatic carbocycles. The number of aliphatic hydroxyl groups is 1. The van der Waals surface area contributed by atoms with Crippen LogP contribution in [0.4, 0.5) is 0 Å². The number of rotatable bonds is 8. The van der Waals surface area contributed by atoms with Crippen molar-refractivity contribution in [3.8, 4) is 0 Å². The average Bonchev–Trinajstić information content (AvgIpc) is 2.75. The summed E-state index contributed by atoms with van der Waals surface area (Å²) in [6, 6.07) is 8.24. The van der Waals surface area contributed by atoms with Gasteiger partial charge in [0.25, 0.3) is 0 Å². The Morgan fingerprint density at radius 1 is 1.16 bits per heavy atom. The lowest BCUT2D eigenvalue weighted by Gasteiger charge is -2.05. The first-order valence-electron chi connectivity index (χ1n) is 7.05. The third-order valence-corrected chi connectivity index (χ3v) is 3.42. The molecule has 0 radical (unpaired) electrons. The van der Waals surface area contributed by atoms with Gasteiger partial charge in [0.2, 0.25) is 0 Å². The van der Waals surface area contributed by atoms with Crippen LogP contribution in [0.2, 0.25) is 0 Å². The number of hydrogen-bond donors (Lipinski definition) is 2. The van der Waals surface area contributed by atoms with Crippen molar-refractivity contribution in [2.45, 2.75) is 25.7 Å². The van der Waals surface area contributed by atoms with E-state index in [1.165, 1.54) is 5.52 Å². The molecule has 0 aliphatic carbocycles. The van der Waals surface area contributed by atoms with Crippen LogP contribution in [0.1, 0.15) is 25.1 Å². The van der Waals surface area contributed by atoms with Crippen LogP contribution in [0, 0.1) is 0 Å². The van der Waals surface area contributed by atoms with Crippen molar-refractivity contribution in [2.24, 2.45) is 7.05 Å². The molecule has 0 bridgehead atoms. The molecule has 2 aromatic rings. The molecule has 2 rings (SSSR count). The molecular formula is C15H23N3O. The molecule has 19 heavy (non-hydrogen) atoms. The van der Waals surface area contributed by atoms with Gasteiger partial charge < -0.3 is 15.0 Å². The highest BCUT2D eigenvalue weighted by atomic mass is 16.2. The fraction of sp³-hybridized carbons (Fsp3) is 0.533. The fourth-order valence-corrected chi connectivity index (χ4v) is 2.28. The number of fused-ring (bicyclic) bond motifs is 1. The van der Waals surface area contributed by atoms with Gasteiger partial charge in [-0.3, -0.25) is 0 Å². The number of aromatic nitrogens is 2. The summed E-state index contributed by atoms with van der Waals surface area (Å²) in [5, 5.41) is 12.1. The largest absolute Gasteiger partial charge is 0.396 e. The monoisotopic (exact) mass is 261 g/mol. The van der Waals surface area contributed by atoms with E-state index in [-0.39, 0.29) is 0 Å². The number of imidazole rings is 1. The first kappa shape index (κ1) is 14.0. The van der Waals surface area contributed by atoms with Gasteiger partial charge in [0.1, 0.15) is 5.82 Å². The van der Waals surface area contributed by atoms with E-state index < -0.39 is 0 Å². The zero-order valence-electron chi connectivity index (χ0n) is 11.6. The van der Waals surface area contributed by atoms with Gasteiger partial charge in [-0.15, -0.1) is 0 Å². The van der Waals surface area contributed by atoms with Crippen LogP contribution in [-0.2, 0) is 13.5 Å². The second-order valence-electron chi connectivity index (χ2n) is 4.86. The van der Waals surface area contributed by atoms with E-state index in [4.69, 9.17) is 5.11 Å². The third kappa shape index (κ3) is 3.78. The molecule has 0 amide bonds. The molecule has 1 aromatic heterocycles. The second kappa shape index (κ2) is 7.26. The van der Waals surface area contributed by atoms with Gasteiger partial charge in [0.15, 0.2) is 0 Å². The molecule has 0 atom stereocenters. The van der Waals surface area contributed by atoms with Crippen molar-refractivity contribution in [2.75, 3.05) is 19.7 Å². The minimum absolute atomic E-state index is 0.305. The van der Waals surface area contributed by atoms with E-state index >= 15 is 0 Å². The summed E-state index contributed by atoms with van der Waals surface area (Å²) in [5.41, 5.74) is 2.27. The van der Waals surface area contributed by atoms with E-state index in [0.717, 1.165) is 50.1 Å². The van der Waals surface area contributed by atoms with Crippen LogP contribution in [0.25, 0.3) is 11.0 Å². The topological polar surface area (TPSA) is 50.1 Å². The molecule has 1 heterocycles. The van der Waals surface area contributed by atoms with Crippen molar-refractivity contribution in [3.05, 3.63) is 30.1 Å². The Morgan fingerprint density at radius 2 is 2.00 bits per heavy atom. The first-order valence-corrected chi connectivity index (χ1v) is 7.05. The van der Waals surface area contributed by atoms with Crippen LogP contribution in [0.15, 0.2) is 24.3 Å². The number of unbranched alkanes of at least 4 members (excludes halogenated alkanes) is 2. The SMILES string of the molecule is Cn1c(CCNCCCCCO)nc2ccccc21. The molecule has 2 N–H and O–H groups in total.